The van der Waals surface area contributed by atoms with Gasteiger partial charge in [-0.2, -0.15) is 0 Å². The standard InChI is InChI=1S/C12H15N7/c13-10-8-11(17-9-16-10)18-4-6-19(7-5-18)12-14-2-1-3-15-12/h1-3,8-9H,4-7H2,(H2,13,16,17). The Balaban J connectivity index is 1.67. The first kappa shape index (κ1) is 11.6. The number of hydrogen-bond acceptors (Lipinski definition) is 7. The van der Waals surface area contributed by atoms with Crippen LogP contribution >= 0.6 is 0 Å². The van der Waals surface area contributed by atoms with Crippen molar-refractivity contribution in [1.29, 1.82) is 0 Å². The summed E-state index contributed by atoms with van der Waals surface area (Å²) in [5, 5.41) is 0. The van der Waals surface area contributed by atoms with Gasteiger partial charge in [0, 0.05) is 44.6 Å². The van der Waals surface area contributed by atoms with E-state index in [1.165, 1.54) is 6.33 Å². The Kier molecular flexibility index (Phi) is 3.09. The third-order valence-corrected chi connectivity index (χ3v) is 3.11. The van der Waals surface area contributed by atoms with Gasteiger partial charge in [0.1, 0.15) is 18.0 Å². The molecule has 2 aromatic heterocycles. The third-order valence-electron chi connectivity index (χ3n) is 3.11. The monoisotopic (exact) mass is 257 g/mol. The maximum Gasteiger partial charge on any atom is 0.225 e. The maximum atomic E-state index is 5.68. The lowest BCUT2D eigenvalue weighted by Crippen LogP contribution is -2.47. The molecule has 0 unspecified atom stereocenters. The second-order valence-electron chi connectivity index (χ2n) is 4.32. The van der Waals surface area contributed by atoms with E-state index in [0.29, 0.717) is 5.82 Å². The van der Waals surface area contributed by atoms with Crippen molar-refractivity contribution < 1.29 is 0 Å². The van der Waals surface area contributed by atoms with E-state index in [4.69, 9.17) is 5.73 Å². The molecule has 1 aliphatic heterocycles. The molecule has 98 valence electrons. The molecule has 3 heterocycles. The van der Waals surface area contributed by atoms with Crippen LogP contribution in [0.1, 0.15) is 0 Å². The Morgan fingerprint density at radius 1 is 0.895 bits per heavy atom. The largest absolute Gasteiger partial charge is 0.384 e. The predicted molar refractivity (Wildman–Crippen MR) is 72.9 cm³/mol. The van der Waals surface area contributed by atoms with Gasteiger partial charge in [0.2, 0.25) is 5.95 Å². The fourth-order valence-corrected chi connectivity index (χ4v) is 2.12. The van der Waals surface area contributed by atoms with Gasteiger partial charge in [-0.05, 0) is 6.07 Å². The van der Waals surface area contributed by atoms with Gasteiger partial charge in [-0.1, -0.05) is 0 Å². The van der Waals surface area contributed by atoms with Gasteiger partial charge >= 0.3 is 0 Å². The van der Waals surface area contributed by atoms with Crippen molar-refractivity contribution in [3.63, 3.8) is 0 Å². The lowest BCUT2D eigenvalue weighted by molar-refractivity contribution is 0.634. The second kappa shape index (κ2) is 5.05. The van der Waals surface area contributed by atoms with Crippen molar-refractivity contribution in [3.05, 3.63) is 30.9 Å². The second-order valence-corrected chi connectivity index (χ2v) is 4.32. The molecule has 0 spiro atoms. The van der Waals surface area contributed by atoms with E-state index in [0.717, 1.165) is 37.9 Å². The molecule has 1 fully saturated rings. The van der Waals surface area contributed by atoms with Crippen LogP contribution in [0.25, 0.3) is 0 Å². The van der Waals surface area contributed by atoms with Crippen LogP contribution in [0.4, 0.5) is 17.6 Å². The summed E-state index contributed by atoms with van der Waals surface area (Å²) < 4.78 is 0. The van der Waals surface area contributed by atoms with Crippen molar-refractivity contribution in [1.82, 2.24) is 19.9 Å². The Morgan fingerprint density at radius 2 is 1.58 bits per heavy atom. The molecule has 2 aromatic rings. The Bertz CT molecular complexity index is 537. The number of nitrogens with two attached hydrogens (primary N) is 1. The highest BCUT2D eigenvalue weighted by Gasteiger charge is 2.19. The van der Waals surface area contributed by atoms with Crippen molar-refractivity contribution in [2.24, 2.45) is 0 Å². The summed E-state index contributed by atoms with van der Waals surface area (Å²) in [6.07, 6.45) is 5.02. The van der Waals surface area contributed by atoms with Crippen LogP contribution in [0.15, 0.2) is 30.9 Å². The van der Waals surface area contributed by atoms with E-state index >= 15 is 0 Å². The fourth-order valence-electron chi connectivity index (χ4n) is 2.12. The van der Waals surface area contributed by atoms with Crippen LogP contribution in [-0.4, -0.2) is 46.1 Å². The molecular weight excluding hydrogens is 242 g/mol. The zero-order valence-electron chi connectivity index (χ0n) is 10.5. The molecule has 0 amide bonds. The highest BCUT2D eigenvalue weighted by molar-refractivity contribution is 5.47. The van der Waals surface area contributed by atoms with Crippen molar-refractivity contribution in [2.75, 3.05) is 41.7 Å². The molecule has 2 N–H and O–H groups in total. The molecule has 1 aliphatic rings. The zero-order valence-corrected chi connectivity index (χ0v) is 10.5. The molecule has 0 aromatic carbocycles. The average Bonchev–Trinajstić information content (AvgIpc) is 2.48. The highest BCUT2D eigenvalue weighted by Crippen LogP contribution is 2.16. The van der Waals surface area contributed by atoms with E-state index < -0.39 is 0 Å². The van der Waals surface area contributed by atoms with Crippen LogP contribution < -0.4 is 15.5 Å². The summed E-state index contributed by atoms with van der Waals surface area (Å²) in [6.45, 7) is 3.48. The van der Waals surface area contributed by atoms with E-state index in [9.17, 15) is 0 Å². The van der Waals surface area contributed by atoms with E-state index in [1.54, 1.807) is 18.5 Å². The molecule has 0 radical (unpaired) electrons. The summed E-state index contributed by atoms with van der Waals surface area (Å²) >= 11 is 0. The van der Waals surface area contributed by atoms with Crippen molar-refractivity contribution >= 4 is 17.6 Å². The minimum absolute atomic E-state index is 0.499. The van der Waals surface area contributed by atoms with Crippen LogP contribution in [0.3, 0.4) is 0 Å². The molecule has 0 atom stereocenters. The van der Waals surface area contributed by atoms with Gasteiger partial charge in [0.25, 0.3) is 0 Å². The third kappa shape index (κ3) is 2.54. The number of nitrogens with zero attached hydrogens (tertiary/aromatic N) is 6. The SMILES string of the molecule is Nc1cc(N2CCN(c3ncccn3)CC2)ncn1. The molecule has 3 rings (SSSR count). The van der Waals surface area contributed by atoms with Gasteiger partial charge in [0.05, 0.1) is 0 Å². The van der Waals surface area contributed by atoms with E-state index in [2.05, 4.69) is 29.7 Å². The summed E-state index contributed by atoms with van der Waals surface area (Å²) in [7, 11) is 0. The molecule has 0 saturated carbocycles. The van der Waals surface area contributed by atoms with Gasteiger partial charge in [-0.3, -0.25) is 0 Å². The number of piperazine rings is 1. The molecule has 1 saturated heterocycles. The van der Waals surface area contributed by atoms with Gasteiger partial charge in [0.15, 0.2) is 0 Å². The molecule has 7 heteroatoms. The minimum atomic E-state index is 0.499. The predicted octanol–water partition coefficient (Wildman–Crippen LogP) is 0.175. The smallest absolute Gasteiger partial charge is 0.225 e. The minimum Gasteiger partial charge on any atom is -0.384 e. The van der Waals surface area contributed by atoms with Gasteiger partial charge in [-0.25, -0.2) is 19.9 Å². The molecule has 0 bridgehead atoms. The Labute approximate surface area is 111 Å². The van der Waals surface area contributed by atoms with Crippen LogP contribution in [0.5, 0.6) is 0 Å². The van der Waals surface area contributed by atoms with E-state index in [-0.39, 0.29) is 0 Å². The van der Waals surface area contributed by atoms with Gasteiger partial charge < -0.3 is 15.5 Å². The highest BCUT2D eigenvalue weighted by atomic mass is 15.3. The van der Waals surface area contributed by atoms with Crippen molar-refractivity contribution in [2.45, 2.75) is 0 Å². The number of anilines is 3. The Morgan fingerprint density at radius 3 is 2.26 bits per heavy atom. The van der Waals surface area contributed by atoms with Crippen LogP contribution in [0.2, 0.25) is 0 Å². The average molecular weight is 257 g/mol. The normalized spacial score (nSPS) is 15.6. The Hall–Kier alpha value is -2.44. The van der Waals surface area contributed by atoms with Crippen LogP contribution in [-0.2, 0) is 0 Å². The number of hydrogen-bond donors (Lipinski definition) is 1. The first-order valence-electron chi connectivity index (χ1n) is 6.17. The number of aromatic nitrogens is 4. The molecule has 0 aliphatic carbocycles. The number of rotatable bonds is 2. The quantitative estimate of drug-likeness (QED) is 0.821. The fraction of sp³-hybridized carbons (Fsp3) is 0.333. The van der Waals surface area contributed by atoms with Gasteiger partial charge in [-0.15, -0.1) is 0 Å². The number of nitrogen functional groups attached to an aromatic ring is 1. The summed E-state index contributed by atoms with van der Waals surface area (Å²) in [5.74, 6) is 2.16. The topological polar surface area (TPSA) is 84.1 Å². The molecule has 7 nitrogen and oxygen atoms in total. The zero-order chi connectivity index (χ0) is 13.1. The summed E-state index contributed by atoms with van der Waals surface area (Å²) in [6, 6.07) is 3.62. The van der Waals surface area contributed by atoms with Crippen molar-refractivity contribution in [3.8, 4) is 0 Å². The first-order valence-corrected chi connectivity index (χ1v) is 6.17. The maximum absolute atomic E-state index is 5.68. The first-order chi connectivity index (χ1) is 9.33. The van der Waals surface area contributed by atoms with Crippen LogP contribution in [0, 0.1) is 0 Å². The molecule has 19 heavy (non-hydrogen) atoms. The molecular formula is C12H15N7. The summed E-state index contributed by atoms with van der Waals surface area (Å²) in [5.41, 5.74) is 5.68. The lowest BCUT2D eigenvalue weighted by Gasteiger charge is -2.35. The lowest BCUT2D eigenvalue weighted by atomic mass is 10.3. The van der Waals surface area contributed by atoms with E-state index in [1.807, 2.05) is 6.07 Å². The summed E-state index contributed by atoms with van der Waals surface area (Å²) in [4.78, 5) is 21.0.